The Morgan fingerprint density at radius 1 is 0.870 bits per heavy atom. The lowest BCUT2D eigenvalue weighted by Crippen LogP contribution is -2.60. The van der Waals surface area contributed by atoms with Crippen molar-refractivity contribution in [3.05, 3.63) is 59.7 Å². The molecule has 1 fully saturated rings. The van der Waals surface area contributed by atoms with E-state index in [1.165, 1.54) is 41.1 Å². The van der Waals surface area contributed by atoms with E-state index in [-0.39, 0.29) is 36.8 Å². The average molecular weight is 754 g/mol. The van der Waals surface area contributed by atoms with Crippen molar-refractivity contribution in [3.8, 4) is 11.5 Å². The highest BCUT2D eigenvalue weighted by Gasteiger charge is 2.43. The second-order valence-corrected chi connectivity index (χ2v) is 14.5. The van der Waals surface area contributed by atoms with Crippen molar-refractivity contribution in [2.24, 2.45) is 11.7 Å². The van der Waals surface area contributed by atoms with E-state index in [9.17, 15) is 44.4 Å². The van der Waals surface area contributed by atoms with Crippen LogP contribution in [0.3, 0.4) is 0 Å². The van der Waals surface area contributed by atoms with Crippen LogP contribution in [-0.4, -0.2) is 110 Å². The predicted octanol–water partition coefficient (Wildman–Crippen LogP) is 2.85. The Balaban J connectivity index is 1.82. The summed E-state index contributed by atoms with van der Waals surface area (Å²) in [5.41, 5.74) is 7.39. The standard InChI is InChI=1S/C40H59N5O9/c1-5-7-8-9-10-12-30(41)35(48)37(50)42-31(23-26-14-18-28(46)19-15-26)38(51)44(4)34(25(3)6-2)39(52)45-22-11-13-33(45)36(49)43-32(40(53)54)24-27-16-20-29(47)21-17-27/h14-21,25,30-35,46-48H,5-13,22-24,41H2,1-4H3,(H,42,50)(H,43,49)(H,53,54)/t25-,30+,31-,32-,33-,34-,35-/m0/s1. The lowest BCUT2D eigenvalue weighted by molar-refractivity contribution is -0.151. The van der Waals surface area contributed by atoms with Gasteiger partial charge in [0.1, 0.15) is 41.8 Å². The normalized spacial score (nSPS) is 17.4. The van der Waals surface area contributed by atoms with Gasteiger partial charge >= 0.3 is 5.97 Å². The molecule has 0 unspecified atom stereocenters. The molecule has 54 heavy (non-hydrogen) atoms. The maximum absolute atomic E-state index is 14.4. The zero-order valence-electron chi connectivity index (χ0n) is 31.9. The summed E-state index contributed by atoms with van der Waals surface area (Å²) in [6.45, 7) is 6.01. The Bertz CT molecular complexity index is 1540. The number of unbranched alkanes of at least 4 members (excludes halogenated alkanes) is 4. The number of nitrogens with one attached hydrogen (secondary N) is 2. The summed E-state index contributed by atoms with van der Waals surface area (Å²) >= 11 is 0. The lowest BCUT2D eigenvalue weighted by atomic mass is 9.94. The van der Waals surface area contributed by atoms with Gasteiger partial charge in [0, 0.05) is 32.5 Å². The van der Waals surface area contributed by atoms with Crippen molar-refractivity contribution in [1.82, 2.24) is 20.4 Å². The third-order valence-electron chi connectivity index (χ3n) is 10.3. The fourth-order valence-corrected chi connectivity index (χ4v) is 6.87. The number of aromatic hydroxyl groups is 2. The van der Waals surface area contributed by atoms with Gasteiger partial charge in [-0.1, -0.05) is 83.6 Å². The summed E-state index contributed by atoms with van der Waals surface area (Å²) in [5, 5.41) is 45.4. The minimum atomic E-state index is -1.57. The average Bonchev–Trinajstić information content (AvgIpc) is 3.65. The molecule has 0 bridgehead atoms. The molecule has 0 saturated carbocycles. The molecule has 14 nitrogen and oxygen atoms in total. The predicted molar refractivity (Wildman–Crippen MR) is 203 cm³/mol. The number of rotatable bonds is 21. The number of phenolic OH excluding ortho intramolecular Hbond substituents is 2. The molecular weight excluding hydrogens is 694 g/mol. The number of aliphatic carboxylic acids is 1. The molecule has 0 aliphatic carbocycles. The van der Waals surface area contributed by atoms with Gasteiger partial charge in [-0.05, 0) is 60.6 Å². The first-order valence-electron chi connectivity index (χ1n) is 19.1. The van der Waals surface area contributed by atoms with Crippen LogP contribution in [0, 0.1) is 5.92 Å². The van der Waals surface area contributed by atoms with Gasteiger partial charge in [0.2, 0.25) is 17.7 Å². The number of carbonyl (C=O) groups is 5. The maximum Gasteiger partial charge on any atom is 0.326 e. The first kappa shape index (κ1) is 43.7. The molecule has 8 N–H and O–H groups in total. The largest absolute Gasteiger partial charge is 0.508 e. The molecule has 1 aliphatic heterocycles. The molecule has 1 saturated heterocycles. The molecule has 1 aliphatic rings. The number of carboxylic acids is 1. The van der Waals surface area contributed by atoms with Crippen LogP contribution in [-0.2, 0) is 36.8 Å². The number of aliphatic hydroxyl groups is 1. The molecule has 298 valence electrons. The minimum absolute atomic E-state index is 0.0120. The number of hydrogen-bond acceptors (Lipinski definition) is 9. The molecule has 14 heteroatoms. The van der Waals surface area contributed by atoms with Crippen LogP contribution in [0.25, 0.3) is 0 Å². The number of carbonyl (C=O) groups excluding carboxylic acids is 4. The smallest absolute Gasteiger partial charge is 0.326 e. The number of hydrogen-bond donors (Lipinski definition) is 7. The highest BCUT2D eigenvalue weighted by atomic mass is 16.4. The molecule has 0 aromatic heterocycles. The van der Waals surface area contributed by atoms with Crippen LogP contribution in [0.2, 0.25) is 0 Å². The minimum Gasteiger partial charge on any atom is -0.508 e. The number of nitrogens with zero attached hydrogens (tertiary/aromatic N) is 2. The monoisotopic (exact) mass is 753 g/mol. The third kappa shape index (κ3) is 12.4. The summed E-state index contributed by atoms with van der Waals surface area (Å²) in [6, 6.07) is 6.74. The van der Waals surface area contributed by atoms with Crippen molar-refractivity contribution in [3.63, 3.8) is 0 Å². The van der Waals surface area contributed by atoms with E-state index in [4.69, 9.17) is 5.73 Å². The van der Waals surface area contributed by atoms with Crippen molar-refractivity contribution in [1.29, 1.82) is 0 Å². The Hall–Kier alpha value is -4.69. The Morgan fingerprint density at radius 3 is 1.96 bits per heavy atom. The Labute approximate surface area is 318 Å². The van der Waals surface area contributed by atoms with Crippen molar-refractivity contribution in [2.75, 3.05) is 13.6 Å². The zero-order chi connectivity index (χ0) is 39.9. The maximum atomic E-state index is 14.4. The van der Waals surface area contributed by atoms with Gasteiger partial charge in [-0.2, -0.15) is 0 Å². The van der Waals surface area contributed by atoms with Crippen LogP contribution >= 0.6 is 0 Å². The summed E-state index contributed by atoms with van der Waals surface area (Å²) < 4.78 is 0. The summed E-state index contributed by atoms with van der Waals surface area (Å²) in [5.74, 6) is -4.12. The van der Waals surface area contributed by atoms with Gasteiger partial charge < -0.3 is 46.6 Å². The van der Waals surface area contributed by atoms with Crippen LogP contribution in [0.15, 0.2) is 48.5 Å². The molecular formula is C40H59N5O9. The van der Waals surface area contributed by atoms with Crippen LogP contribution < -0.4 is 16.4 Å². The number of phenols is 2. The quantitative estimate of drug-likeness (QED) is 0.0924. The number of benzene rings is 2. The van der Waals surface area contributed by atoms with E-state index in [0.29, 0.717) is 36.8 Å². The lowest BCUT2D eigenvalue weighted by Gasteiger charge is -2.38. The van der Waals surface area contributed by atoms with E-state index in [2.05, 4.69) is 17.6 Å². The number of nitrogens with two attached hydrogens (primary N) is 1. The molecule has 1 heterocycles. The molecule has 0 radical (unpaired) electrons. The van der Waals surface area contributed by atoms with Crippen molar-refractivity contribution >= 4 is 29.6 Å². The van der Waals surface area contributed by atoms with Gasteiger partial charge in [-0.15, -0.1) is 0 Å². The Kier molecular flexibility index (Phi) is 17.2. The molecule has 2 aromatic rings. The number of amides is 4. The second-order valence-electron chi connectivity index (χ2n) is 14.5. The van der Waals surface area contributed by atoms with Crippen molar-refractivity contribution in [2.45, 2.75) is 128 Å². The molecule has 3 rings (SSSR count). The molecule has 2 aromatic carbocycles. The first-order chi connectivity index (χ1) is 25.7. The van der Waals surface area contributed by atoms with Gasteiger partial charge in [0.25, 0.3) is 5.91 Å². The fourth-order valence-electron chi connectivity index (χ4n) is 6.87. The SMILES string of the molecule is CCCCCCC[C@@H](N)[C@H](O)C(=O)N[C@@H](Cc1ccc(O)cc1)C(=O)N(C)[C@H](C(=O)N1CCC[C@H]1C(=O)N[C@@H](Cc1ccc(O)cc1)C(=O)O)[C@@H](C)CC. The van der Waals surface area contributed by atoms with Gasteiger partial charge in [0.15, 0.2) is 0 Å². The molecule has 0 spiro atoms. The number of aliphatic hydroxyl groups excluding tert-OH is 1. The fraction of sp³-hybridized carbons (Fsp3) is 0.575. The highest BCUT2D eigenvalue weighted by Crippen LogP contribution is 2.25. The van der Waals surface area contributed by atoms with Crippen molar-refractivity contribution < 1.29 is 44.4 Å². The summed E-state index contributed by atoms with van der Waals surface area (Å²) in [7, 11) is 1.47. The Morgan fingerprint density at radius 2 is 1.43 bits per heavy atom. The van der Waals surface area contributed by atoms with Crippen LogP contribution in [0.5, 0.6) is 11.5 Å². The summed E-state index contributed by atoms with van der Waals surface area (Å²) in [6.07, 6.45) is 4.94. The van der Waals surface area contributed by atoms with Crippen LogP contribution in [0.4, 0.5) is 0 Å². The van der Waals surface area contributed by atoms with E-state index >= 15 is 0 Å². The van der Waals surface area contributed by atoms with E-state index in [1.807, 2.05) is 13.8 Å². The van der Waals surface area contributed by atoms with E-state index in [1.54, 1.807) is 24.3 Å². The first-order valence-corrected chi connectivity index (χ1v) is 19.1. The van der Waals surface area contributed by atoms with Crippen LogP contribution in [0.1, 0.15) is 89.7 Å². The third-order valence-corrected chi connectivity index (χ3v) is 10.3. The van der Waals surface area contributed by atoms with E-state index < -0.39 is 65.9 Å². The molecule has 7 atom stereocenters. The second kappa shape index (κ2) is 21.3. The molecule has 4 amide bonds. The topological polar surface area (TPSA) is 223 Å². The zero-order valence-corrected chi connectivity index (χ0v) is 31.9. The number of carboxylic acid groups (broad SMARTS) is 1. The van der Waals surface area contributed by atoms with Gasteiger partial charge in [-0.25, -0.2) is 4.79 Å². The number of likely N-dealkylation sites (N-methyl/N-ethyl adjacent to an activating group) is 1. The number of likely N-dealkylation sites (tertiary alicyclic amines) is 1. The van der Waals surface area contributed by atoms with Gasteiger partial charge in [-0.3, -0.25) is 19.2 Å². The van der Waals surface area contributed by atoms with E-state index in [0.717, 1.165) is 32.1 Å². The highest BCUT2D eigenvalue weighted by molar-refractivity contribution is 5.96. The summed E-state index contributed by atoms with van der Waals surface area (Å²) in [4.78, 5) is 70.5. The van der Waals surface area contributed by atoms with Gasteiger partial charge in [0.05, 0.1) is 0 Å².